The van der Waals surface area contributed by atoms with Crippen molar-refractivity contribution in [1.29, 1.82) is 0 Å². The number of carbonyl (C=O) groups excluding carboxylic acids is 3. The summed E-state index contributed by atoms with van der Waals surface area (Å²) >= 11 is 0. The van der Waals surface area contributed by atoms with E-state index >= 15 is 0 Å². The largest absolute Gasteiger partial charge is 0.462 e. The fourth-order valence-corrected chi connectivity index (χ4v) is 6.93. The Hall–Kier alpha value is -1.59. The Morgan fingerprint density at radius 3 is 0.925 bits per heavy atom. The van der Waals surface area contributed by atoms with E-state index in [9.17, 15) is 14.4 Å². The number of carbonyl (C=O) groups is 3. The number of rotatable bonds is 41. The minimum Gasteiger partial charge on any atom is -0.462 e. The molecule has 0 N–H and O–H groups in total. The van der Waals surface area contributed by atoms with Crippen LogP contribution < -0.4 is 0 Å². The van der Waals surface area contributed by atoms with Gasteiger partial charge in [-0.25, -0.2) is 0 Å². The van der Waals surface area contributed by atoms with Gasteiger partial charge in [-0.3, -0.25) is 14.4 Å². The van der Waals surface area contributed by atoms with Crippen molar-refractivity contribution in [3.63, 3.8) is 0 Å². The molecule has 53 heavy (non-hydrogen) atoms. The predicted octanol–water partition coefficient (Wildman–Crippen LogP) is 14.6. The highest BCUT2D eigenvalue weighted by atomic mass is 16.6. The van der Waals surface area contributed by atoms with Gasteiger partial charge in [0.1, 0.15) is 13.2 Å². The molecule has 0 unspecified atom stereocenters. The highest BCUT2D eigenvalue weighted by Crippen LogP contribution is 2.16. The van der Waals surface area contributed by atoms with E-state index in [0.29, 0.717) is 19.3 Å². The number of esters is 3. The summed E-state index contributed by atoms with van der Waals surface area (Å²) in [5, 5.41) is 0. The fraction of sp³-hybridized carbons (Fsp3) is 0.936. The fourth-order valence-electron chi connectivity index (χ4n) is 6.93. The van der Waals surface area contributed by atoms with Crippen molar-refractivity contribution in [1.82, 2.24) is 0 Å². The zero-order valence-electron chi connectivity index (χ0n) is 36.1. The highest BCUT2D eigenvalue weighted by Gasteiger charge is 2.19. The van der Waals surface area contributed by atoms with Crippen LogP contribution in [0.3, 0.4) is 0 Å². The van der Waals surface area contributed by atoms with Gasteiger partial charge in [0.15, 0.2) is 6.10 Å². The van der Waals surface area contributed by atoms with Crippen LogP contribution in [0.1, 0.15) is 253 Å². The predicted molar refractivity (Wildman–Crippen MR) is 224 cm³/mol. The molecule has 0 aromatic carbocycles. The van der Waals surface area contributed by atoms with Gasteiger partial charge in [-0.15, -0.1) is 0 Å². The van der Waals surface area contributed by atoms with Gasteiger partial charge in [-0.05, 0) is 31.1 Å². The Morgan fingerprint density at radius 2 is 0.623 bits per heavy atom. The van der Waals surface area contributed by atoms with E-state index in [1.807, 2.05) is 0 Å². The standard InChI is InChI=1S/C47H90O6/c1-6-7-8-9-10-16-23-29-34-39-47(50)53-44(41-52-46(49)38-33-28-24-19-21-26-31-36-43(4)5)40-51-45(48)37-32-27-22-18-15-13-11-12-14-17-20-25-30-35-42(2)3/h42-44H,6-41H2,1-5H3/t44-/m1/s1. The van der Waals surface area contributed by atoms with E-state index in [4.69, 9.17) is 14.2 Å². The molecule has 6 heteroatoms. The first kappa shape index (κ1) is 51.4. The molecule has 0 fully saturated rings. The Balaban J connectivity index is 4.26. The lowest BCUT2D eigenvalue weighted by atomic mass is 10.0. The maximum atomic E-state index is 12.7. The summed E-state index contributed by atoms with van der Waals surface area (Å²) in [4.78, 5) is 37.6. The van der Waals surface area contributed by atoms with E-state index in [0.717, 1.165) is 69.6 Å². The van der Waals surface area contributed by atoms with Gasteiger partial charge < -0.3 is 14.2 Å². The first-order valence-corrected chi connectivity index (χ1v) is 23.2. The molecule has 0 aliphatic rings. The lowest BCUT2D eigenvalue weighted by Gasteiger charge is -2.18. The average Bonchev–Trinajstić information content (AvgIpc) is 3.12. The normalized spacial score (nSPS) is 12.1. The first-order chi connectivity index (χ1) is 25.7. The molecule has 0 aliphatic carbocycles. The van der Waals surface area contributed by atoms with Gasteiger partial charge in [0.2, 0.25) is 0 Å². The van der Waals surface area contributed by atoms with E-state index in [-0.39, 0.29) is 31.1 Å². The van der Waals surface area contributed by atoms with Crippen LogP contribution in [0.15, 0.2) is 0 Å². The minimum atomic E-state index is -0.760. The van der Waals surface area contributed by atoms with E-state index in [1.54, 1.807) is 0 Å². The molecule has 0 amide bonds. The summed E-state index contributed by atoms with van der Waals surface area (Å²) in [7, 11) is 0. The molecule has 0 saturated heterocycles. The topological polar surface area (TPSA) is 78.9 Å². The van der Waals surface area contributed by atoms with Gasteiger partial charge in [0.25, 0.3) is 0 Å². The number of hydrogen-bond acceptors (Lipinski definition) is 6. The second-order valence-corrected chi connectivity index (χ2v) is 17.0. The van der Waals surface area contributed by atoms with Crippen molar-refractivity contribution in [3.8, 4) is 0 Å². The molecule has 0 heterocycles. The SMILES string of the molecule is CCCCCCCCCCCC(=O)O[C@H](COC(=O)CCCCCCCCCCCCCCCC(C)C)COC(=O)CCCCCCCCCC(C)C. The van der Waals surface area contributed by atoms with Crippen LogP contribution in [0, 0.1) is 11.8 Å². The molecule has 0 bridgehead atoms. The summed E-state index contributed by atoms with van der Waals surface area (Å²) in [6.07, 6.45) is 38.1. The third kappa shape index (κ3) is 41.4. The third-order valence-corrected chi connectivity index (χ3v) is 10.5. The maximum absolute atomic E-state index is 12.7. The van der Waals surface area contributed by atoms with Gasteiger partial charge >= 0.3 is 17.9 Å². The van der Waals surface area contributed by atoms with Crippen molar-refractivity contribution in [3.05, 3.63) is 0 Å². The minimum absolute atomic E-state index is 0.0651. The second kappa shape index (κ2) is 40.1. The lowest BCUT2D eigenvalue weighted by Crippen LogP contribution is -2.30. The average molecular weight is 751 g/mol. The molecule has 0 spiro atoms. The maximum Gasteiger partial charge on any atom is 0.306 e. The summed E-state index contributed by atoms with van der Waals surface area (Å²) in [5.41, 5.74) is 0. The Bertz CT molecular complexity index is 809. The van der Waals surface area contributed by atoms with Crippen LogP contribution in [0.2, 0.25) is 0 Å². The van der Waals surface area contributed by atoms with E-state index in [1.165, 1.54) is 141 Å². The highest BCUT2D eigenvalue weighted by molar-refractivity contribution is 5.71. The lowest BCUT2D eigenvalue weighted by molar-refractivity contribution is -0.167. The van der Waals surface area contributed by atoms with Gasteiger partial charge in [0, 0.05) is 19.3 Å². The quantitative estimate of drug-likeness (QED) is 0.0352. The van der Waals surface area contributed by atoms with Crippen molar-refractivity contribution in [2.45, 2.75) is 259 Å². The van der Waals surface area contributed by atoms with Crippen LogP contribution in [-0.4, -0.2) is 37.2 Å². The van der Waals surface area contributed by atoms with Crippen LogP contribution in [-0.2, 0) is 28.6 Å². The van der Waals surface area contributed by atoms with E-state index < -0.39 is 6.10 Å². The molecule has 314 valence electrons. The number of ether oxygens (including phenoxy) is 3. The molecule has 1 atom stereocenters. The number of hydrogen-bond donors (Lipinski definition) is 0. The van der Waals surface area contributed by atoms with Crippen LogP contribution in [0.5, 0.6) is 0 Å². The molecule has 0 aromatic rings. The molecule has 0 aromatic heterocycles. The van der Waals surface area contributed by atoms with Crippen molar-refractivity contribution < 1.29 is 28.6 Å². The van der Waals surface area contributed by atoms with Crippen LogP contribution in [0.25, 0.3) is 0 Å². The van der Waals surface area contributed by atoms with Crippen molar-refractivity contribution in [2.24, 2.45) is 11.8 Å². The smallest absolute Gasteiger partial charge is 0.306 e. The summed E-state index contributed by atoms with van der Waals surface area (Å²) in [5.74, 6) is 0.761. The second-order valence-electron chi connectivity index (χ2n) is 17.0. The zero-order chi connectivity index (χ0) is 39.0. The summed E-state index contributed by atoms with van der Waals surface area (Å²) in [6.45, 7) is 11.3. The molecule has 0 radical (unpaired) electrons. The monoisotopic (exact) mass is 751 g/mol. The third-order valence-electron chi connectivity index (χ3n) is 10.5. The summed E-state index contributed by atoms with van der Waals surface area (Å²) in [6, 6.07) is 0. The molecule has 0 rings (SSSR count). The molecule has 6 nitrogen and oxygen atoms in total. The van der Waals surface area contributed by atoms with Crippen LogP contribution >= 0.6 is 0 Å². The van der Waals surface area contributed by atoms with Gasteiger partial charge in [0.05, 0.1) is 0 Å². The molecule has 0 aliphatic heterocycles. The van der Waals surface area contributed by atoms with Gasteiger partial charge in [-0.2, -0.15) is 0 Å². The summed E-state index contributed by atoms with van der Waals surface area (Å²) < 4.78 is 16.7. The van der Waals surface area contributed by atoms with Gasteiger partial charge in [-0.1, -0.05) is 214 Å². The Labute approximate surface area is 329 Å². The first-order valence-electron chi connectivity index (χ1n) is 23.2. The van der Waals surface area contributed by atoms with Crippen molar-refractivity contribution in [2.75, 3.05) is 13.2 Å². The Kier molecular flexibility index (Phi) is 38.9. The zero-order valence-corrected chi connectivity index (χ0v) is 36.1. The van der Waals surface area contributed by atoms with Crippen molar-refractivity contribution >= 4 is 17.9 Å². The molecular formula is C47H90O6. The van der Waals surface area contributed by atoms with E-state index in [2.05, 4.69) is 34.6 Å². The van der Waals surface area contributed by atoms with Crippen LogP contribution in [0.4, 0.5) is 0 Å². The Morgan fingerprint density at radius 1 is 0.358 bits per heavy atom. The molecular weight excluding hydrogens is 661 g/mol. The number of unbranched alkanes of at least 4 members (excludes halogenated alkanes) is 26. The molecule has 0 saturated carbocycles.